The number of nitrogens with one attached hydrogen (secondary N) is 1. The molecule has 3 rings (SSSR count). The molecule has 0 bridgehead atoms. The average Bonchev–Trinajstić information content (AvgIpc) is 2.85. The normalized spacial score (nSPS) is 14.5. The van der Waals surface area contributed by atoms with E-state index >= 15 is 0 Å². The summed E-state index contributed by atoms with van der Waals surface area (Å²) in [6.45, 7) is 2.27. The lowest BCUT2D eigenvalue weighted by Crippen LogP contribution is -2.35. The zero-order valence-corrected chi connectivity index (χ0v) is 19.8. The second-order valence-corrected chi connectivity index (χ2v) is 9.70. The van der Waals surface area contributed by atoms with E-state index in [1.807, 2.05) is 24.3 Å². The molecule has 0 saturated carbocycles. The Morgan fingerprint density at radius 3 is 2.09 bits per heavy atom. The maximum Gasteiger partial charge on any atom is 0.243 e. The smallest absolute Gasteiger partial charge is 0.243 e. The monoisotopic (exact) mass is 476 g/mol. The van der Waals surface area contributed by atoms with Gasteiger partial charge in [0.25, 0.3) is 0 Å². The van der Waals surface area contributed by atoms with Crippen LogP contribution >= 0.6 is 0 Å². The lowest BCUT2D eigenvalue weighted by Gasteiger charge is -2.25. The predicted molar refractivity (Wildman–Crippen MR) is 125 cm³/mol. The highest BCUT2D eigenvalue weighted by Gasteiger charge is 2.25. The van der Waals surface area contributed by atoms with E-state index in [1.165, 1.54) is 0 Å². The SMILES string of the molecule is COc1ccc(OCCCC(=O)NCCOc2ccc(S(=O)(=O)N3CCCCC3)cc2)cc1. The predicted octanol–water partition coefficient (Wildman–Crippen LogP) is 3.22. The Morgan fingerprint density at radius 2 is 1.45 bits per heavy atom. The van der Waals surface area contributed by atoms with E-state index in [1.54, 1.807) is 35.7 Å². The lowest BCUT2D eigenvalue weighted by molar-refractivity contribution is -0.121. The topological polar surface area (TPSA) is 94.2 Å². The minimum atomic E-state index is -3.44. The molecule has 0 unspecified atom stereocenters. The number of rotatable bonds is 12. The summed E-state index contributed by atoms with van der Waals surface area (Å²) >= 11 is 0. The van der Waals surface area contributed by atoms with Gasteiger partial charge >= 0.3 is 0 Å². The summed E-state index contributed by atoms with van der Waals surface area (Å²) < 4.78 is 43.2. The van der Waals surface area contributed by atoms with Crippen LogP contribution in [0.3, 0.4) is 0 Å². The highest BCUT2D eigenvalue weighted by molar-refractivity contribution is 7.89. The van der Waals surface area contributed by atoms with Gasteiger partial charge in [-0.1, -0.05) is 6.42 Å². The van der Waals surface area contributed by atoms with Gasteiger partial charge in [-0.3, -0.25) is 4.79 Å². The fourth-order valence-corrected chi connectivity index (χ4v) is 5.02. The van der Waals surface area contributed by atoms with Gasteiger partial charge in [0.2, 0.25) is 15.9 Å². The van der Waals surface area contributed by atoms with Gasteiger partial charge in [-0.25, -0.2) is 8.42 Å². The summed E-state index contributed by atoms with van der Waals surface area (Å²) in [5.74, 6) is 2.00. The maximum absolute atomic E-state index is 12.7. The molecule has 1 saturated heterocycles. The molecule has 2 aromatic rings. The first-order chi connectivity index (χ1) is 16.0. The first-order valence-electron chi connectivity index (χ1n) is 11.3. The Hall–Kier alpha value is -2.78. The number of benzene rings is 2. The number of carbonyl (C=O) groups excluding carboxylic acids is 1. The number of hydrogen-bond donors (Lipinski definition) is 1. The molecule has 0 aliphatic carbocycles. The molecule has 0 radical (unpaired) electrons. The largest absolute Gasteiger partial charge is 0.497 e. The minimum absolute atomic E-state index is 0.0695. The molecule has 0 spiro atoms. The third-order valence-electron chi connectivity index (χ3n) is 5.35. The number of hydrogen-bond acceptors (Lipinski definition) is 6. The van der Waals surface area contributed by atoms with Crippen molar-refractivity contribution >= 4 is 15.9 Å². The van der Waals surface area contributed by atoms with Crippen LogP contribution in [0.5, 0.6) is 17.2 Å². The number of amides is 1. The molecule has 33 heavy (non-hydrogen) atoms. The molecule has 0 atom stereocenters. The van der Waals surface area contributed by atoms with Gasteiger partial charge in [-0.2, -0.15) is 4.31 Å². The van der Waals surface area contributed by atoms with Crippen molar-refractivity contribution in [1.82, 2.24) is 9.62 Å². The number of nitrogens with zero attached hydrogens (tertiary/aromatic N) is 1. The molecular weight excluding hydrogens is 444 g/mol. The van der Waals surface area contributed by atoms with Gasteiger partial charge < -0.3 is 19.5 Å². The van der Waals surface area contributed by atoms with E-state index in [4.69, 9.17) is 14.2 Å². The Kier molecular flexibility index (Phi) is 9.38. The number of sulfonamides is 1. The molecule has 9 heteroatoms. The zero-order chi connectivity index (χ0) is 23.5. The quantitative estimate of drug-likeness (QED) is 0.473. The van der Waals surface area contributed by atoms with Crippen molar-refractivity contribution in [2.24, 2.45) is 0 Å². The van der Waals surface area contributed by atoms with Crippen molar-refractivity contribution in [2.75, 3.05) is 40.0 Å². The minimum Gasteiger partial charge on any atom is -0.497 e. The summed E-state index contributed by atoms with van der Waals surface area (Å²) in [7, 11) is -1.83. The van der Waals surface area contributed by atoms with Gasteiger partial charge in [0.05, 0.1) is 25.2 Å². The summed E-state index contributed by atoms with van der Waals surface area (Å²) in [6, 6.07) is 13.7. The van der Waals surface area contributed by atoms with Crippen LogP contribution in [-0.4, -0.2) is 58.6 Å². The Labute approximate surface area is 195 Å². The van der Waals surface area contributed by atoms with Crippen molar-refractivity contribution < 1.29 is 27.4 Å². The van der Waals surface area contributed by atoms with Crippen LogP contribution in [-0.2, 0) is 14.8 Å². The van der Waals surface area contributed by atoms with Crippen LogP contribution in [0.25, 0.3) is 0 Å². The summed E-state index contributed by atoms with van der Waals surface area (Å²) in [4.78, 5) is 12.2. The van der Waals surface area contributed by atoms with Crippen molar-refractivity contribution in [1.29, 1.82) is 0 Å². The van der Waals surface area contributed by atoms with Crippen LogP contribution in [0.4, 0.5) is 0 Å². The van der Waals surface area contributed by atoms with E-state index in [9.17, 15) is 13.2 Å². The summed E-state index contributed by atoms with van der Waals surface area (Å²) in [5, 5.41) is 2.81. The lowest BCUT2D eigenvalue weighted by atomic mass is 10.2. The average molecular weight is 477 g/mol. The number of piperidine rings is 1. The summed E-state index contributed by atoms with van der Waals surface area (Å²) in [6.07, 6.45) is 3.85. The number of ether oxygens (including phenoxy) is 3. The van der Waals surface area contributed by atoms with Gasteiger partial charge in [0, 0.05) is 19.5 Å². The molecule has 1 fully saturated rings. The van der Waals surface area contributed by atoms with Crippen molar-refractivity contribution in [3.8, 4) is 17.2 Å². The number of methoxy groups -OCH3 is 1. The van der Waals surface area contributed by atoms with Gasteiger partial charge in [-0.05, 0) is 67.8 Å². The van der Waals surface area contributed by atoms with Crippen LogP contribution in [0.2, 0.25) is 0 Å². The molecule has 1 amide bonds. The first-order valence-corrected chi connectivity index (χ1v) is 12.7. The van der Waals surface area contributed by atoms with Crippen LogP contribution in [0, 0.1) is 0 Å². The van der Waals surface area contributed by atoms with Crippen molar-refractivity contribution in [3.63, 3.8) is 0 Å². The van der Waals surface area contributed by atoms with E-state index in [-0.39, 0.29) is 10.8 Å². The highest BCUT2D eigenvalue weighted by atomic mass is 32.2. The Morgan fingerprint density at radius 1 is 0.879 bits per heavy atom. The first kappa shape index (κ1) is 24.9. The Bertz CT molecular complexity index is 971. The fourth-order valence-electron chi connectivity index (χ4n) is 3.50. The highest BCUT2D eigenvalue weighted by Crippen LogP contribution is 2.22. The number of carbonyl (C=O) groups is 1. The molecular formula is C24H32N2O6S. The Balaban J connectivity index is 1.30. The van der Waals surface area contributed by atoms with Crippen LogP contribution in [0.15, 0.2) is 53.4 Å². The fraction of sp³-hybridized carbons (Fsp3) is 0.458. The van der Waals surface area contributed by atoms with Crippen LogP contribution < -0.4 is 19.5 Å². The third-order valence-corrected chi connectivity index (χ3v) is 7.26. The summed E-state index contributed by atoms with van der Waals surface area (Å²) in [5.41, 5.74) is 0. The molecule has 1 heterocycles. The van der Waals surface area contributed by atoms with E-state index in [0.29, 0.717) is 51.4 Å². The second-order valence-electron chi connectivity index (χ2n) is 7.76. The molecule has 0 aromatic heterocycles. The van der Waals surface area contributed by atoms with E-state index in [0.717, 1.165) is 30.8 Å². The van der Waals surface area contributed by atoms with Gasteiger partial charge in [0.1, 0.15) is 23.9 Å². The molecule has 1 aliphatic rings. The molecule has 1 aliphatic heterocycles. The molecule has 8 nitrogen and oxygen atoms in total. The van der Waals surface area contributed by atoms with Crippen LogP contribution in [0.1, 0.15) is 32.1 Å². The molecule has 180 valence electrons. The maximum atomic E-state index is 12.7. The molecule has 1 N–H and O–H groups in total. The zero-order valence-electron chi connectivity index (χ0n) is 19.0. The molecule has 2 aromatic carbocycles. The second kappa shape index (κ2) is 12.5. The van der Waals surface area contributed by atoms with E-state index in [2.05, 4.69) is 5.32 Å². The van der Waals surface area contributed by atoms with Gasteiger partial charge in [-0.15, -0.1) is 0 Å². The third kappa shape index (κ3) is 7.64. The standard InChI is InChI=1S/C24H32N2O6S/c1-30-20-7-9-21(10-8-20)31-18-5-6-24(27)25-15-19-32-22-11-13-23(14-12-22)33(28,29)26-16-3-2-4-17-26/h7-14H,2-6,15-19H2,1H3,(H,25,27). The van der Waals surface area contributed by atoms with Gasteiger partial charge in [0.15, 0.2) is 0 Å². The van der Waals surface area contributed by atoms with Crippen molar-refractivity contribution in [2.45, 2.75) is 37.0 Å². The van der Waals surface area contributed by atoms with Crippen molar-refractivity contribution in [3.05, 3.63) is 48.5 Å². The van der Waals surface area contributed by atoms with E-state index < -0.39 is 10.0 Å².